The number of benzene rings is 2. The minimum Gasteiger partial charge on any atom is -0.497 e. The van der Waals surface area contributed by atoms with Crippen LogP contribution in [-0.4, -0.2) is 49.0 Å². The third-order valence-electron chi connectivity index (χ3n) is 5.81. The Morgan fingerprint density at radius 3 is 2.53 bits per heavy atom. The number of aromatic nitrogens is 1. The summed E-state index contributed by atoms with van der Waals surface area (Å²) in [6.07, 6.45) is 3.52. The molecule has 162 valence electrons. The van der Waals surface area contributed by atoms with Gasteiger partial charge in [-0.05, 0) is 38.4 Å². The van der Waals surface area contributed by atoms with Gasteiger partial charge in [0.15, 0.2) is 0 Å². The van der Waals surface area contributed by atoms with Gasteiger partial charge in [-0.2, -0.15) is 0 Å². The van der Waals surface area contributed by atoms with Crippen molar-refractivity contribution in [1.29, 1.82) is 0 Å². The number of furan rings is 1. The normalized spacial score (nSPS) is 14.2. The summed E-state index contributed by atoms with van der Waals surface area (Å²) in [5.74, 6) is -0.273. The molecule has 3 heterocycles. The number of para-hydroxylation sites is 1. The molecule has 2 aromatic carbocycles. The maximum atomic E-state index is 13.0. The molecule has 0 unspecified atom stereocenters. The Hall–Kier alpha value is -3.84. The third-order valence-corrected chi connectivity index (χ3v) is 5.81. The highest BCUT2D eigenvalue weighted by atomic mass is 16.5. The summed E-state index contributed by atoms with van der Waals surface area (Å²) in [5, 5.41) is 4.20. The van der Waals surface area contributed by atoms with Crippen LogP contribution in [-0.2, 0) is 16.1 Å². The van der Waals surface area contributed by atoms with Crippen LogP contribution in [0.15, 0.2) is 59.3 Å². The van der Waals surface area contributed by atoms with Gasteiger partial charge in [-0.3, -0.25) is 14.9 Å². The predicted octanol–water partition coefficient (Wildman–Crippen LogP) is 3.52. The molecular formula is C25H23N3O4. The topological polar surface area (TPSA) is 76.7 Å². The van der Waals surface area contributed by atoms with Crippen molar-refractivity contribution in [2.24, 2.45) is 0 Å². The number of likely N-dealkylation sites (N-methyl/N-ethyl adjacent to an activating group) is 1. The zero-order chi connectivity index (χ0) is 22.4. The zero-order valence-electron chi connectivity index (χ0n) is 18.1. The minimum absolute atomic E-state index is 0.296. The lowest BCUT2D eigenvalue weighted by molar-refractivity contribution is -0.122. The number of carbonyl (C=O) groups is 2. The van der Waals surface area contributed by atoms with E-state index in [2.05, 4.69) is 14.8 Å². The second kappa shape index (κ2) is 7.69. The minimum atomic E-state index is -0.443. The number of ether oxygens (including phenoxy) is 1. The molecule has 0 bridgehead atoms. The molecule has 7 nitrogen and oxygen atoms in total. The van der Waals surface area contributed by atoms with E-state index < -0.39 is 11.8 Å². The van der Waals surface area contributed by atoms with Crippen LogP contribution >= 0.6 is 0 Å². The second-order valence-corrected chi connectivity index (χ2v) is 8.10. The Labute approximate surface area is 184 Å². The number of hydrogen-bond donors (Lipinski definition) is 1. The van der Waals surface area contributed by atoms with Crippen LogP contribution in [0.5, 0.6) is 5.75 Å². The lowest BCUT2D eigenvalue weighted by atomic mass is 9.95. The van der Waals surface area contributed by atoms with Gasteiger partial charge < -0.3 is 18.6 Å². The van der Waals surface area contributed by atoms with Gasteiger partial charge in [0.05, 0.1) is 24.5 Å². The van der Waals surface area contributed by atoms with Crippen molar-refractivity contribution < 1.29 is 18.7 Å². The highest BCUT2D eigenvalue weighted by Gasteiger charge is 2.35. The Bertz CT molecular complexity index is 1410. The molecule has 1 N–H and O–H groups in total. The molecule has 32 heavy (non-hydrogen) atoms. The molecule has 2 amide bonds. The van der Waals surface area contributed by atoms with Crippen molar-refractivity contribution in [3.05, 3.63) is 66.1 Å². The van der Waals surface area contributed by atoms with E-state index in [1.807, 2.05) is 56.7 Å². The van der Waals surface area contributed by atoms with Gasteiger partial charge in [-0.1, -0.05) is 18.2 Å². The number of amides is 2. The molecule has 1 aliphatic heterocycles. The van der Waals surface area contributed by atoms with Crippen molar-refractivity contribution in [2.75, 3.05) is 27.7 Å². The largest absolute Gasteiger partial charge is 0.497 e. The first-order valence-electron chi connectivity index (χ1n) is 10.4. The fraction of sp³-hybridized carbons (Fsp3) is 0.200. The Balaban J connectivity index is 1.79. The van der Waals surface area contributed by atoms with E-state index in [4.69, 9.17) is 9.15 Å². The van der Waals surface area contributed by atoms with Gasteiger partial charge in [-0.15, -0.1) is 0 Å². The van der Waals surface area contributed by atoms with Crippen molar-refractivity contribution in [1.82, 2.24) is 14.8 Å². The molecule has 5 rings (SSSR count). The number of nitrogens with zero attached hydrogens (tertiary/aromatic N) is 2. The Morgan fingerprint density at radius 2 is 1.78 bits per heavy atom. The van der Waals surface area contributed by atoms with Crippen LogP contribution in [0.1, 0.15) is 11.1 Å². The summed E-state index contributed by atoms with van der Waals surface area (Å²) in [5.41, 5.74) is 3.45. The predicted molar refractivity (Wildman–Crippen MR) is 123 cm³/mol. The Morgan fingerprint density at radius 1 is 1.03 bits per heavy atom. The van der Waals surface area contributed by atoms with E-state index in [-0.39, 0.29) is 0 Å². The molecule has 0 saturated carbocycles. The summed E-state index contributed by atoms with van der Waals surface area (Å²) in [4.78, 5) is 28.2. The highest BCUT2D eigenvalue weighted by molar-refractivity contribution is 6.50. The summed E-state index contributed by atoms with van der Waals surface area (Å²) < 4.78 is 13.3. The number of rotatable bonds is 6. The molecule has 0 aliphatic carbocycles. The standard InChI is InChI=1S/C25H23N3O4/c1-27(2)9-10-28-14-19(17-6-4-5-7-20(17)28)22-21(24(29)26-25(22)30)18-13-16(31-3)12-15-8-11-32-23(15)18/h4-8,11-14H,9-10H2,1-3H3,(H,26,29,30). The van der Waals surface area contributed by atoms with Gasteiger partial charge >= 0.3 is 0 Å². The van der Waals surface area contributed by atoms with Crippen molar-refractivity contribution in [3.63, 3.8) is 0 Å². The van der Waals surface area contributed by atoms with Gasteiger partial charge in [0.1, 0.15) is 11.3 Å². The van der Waals surface area contributed by atoms with E-state index in [0.29, 0.717) is 28.0 Å². The molecule has 0 atom stereocenters. The van der Waals surface area contributed by atoms with Crippen LogP contribution in [0.3, 0.4) is 0 Å². The van der Waals surface area contributed by atoms with Crippen LogP contribution in [0.4, 0.5) is 0 Å². The Kier molecular flexibility index (Phi) is 4.83. The van der Waals surface area contributed by atoms with E-state index in [1.165, 1.54) is 0 Å². The van der Waals surface area contributed by atoms with E-state index in [1.54, 1.807) is 19.4 Å². The second-order valence-electron chi connectivity index (χ2n) is 8.10. The fourth-order valence-electron chi connectivity index (χ4n) is 4.27. The monoisotopic (exact) mass is 429 g/mol. The molecule has 0 spiro atoms. The van der Waals surface area contributed by atoms with E-state index >= 15 is 0 Å². The van der Waals surface area contributed by atoms with Crippen molar-refractivity contribution >= 4 is 44.8 Å². The van der Waals surface area contributed by atoms with Gasteiger partial charge in [0.2, 0.25) is 0 Å². The molecule has 2 aromatic heterocycles. The third kappa shape index (κ3) is 3.18. The average molecular weight is 429 g/mol. The molecule has 1 aliphatic rings. The lowest BCUT2D eigenvalue weighted by Crippen LogP contribution is -2.22. The smallest absolute Gasteiger partial charge is 0.259 e. The van der Waals surface area contributed by atoms with Crippen LogP contribution in [0.2, 0.25) is 0 Å². The van der Waals surface area contributed by atoms with Gasteiger partial charge in [0, 0.05) is 46.7 Å². The summed E-state index contributed by atoms with van der Waals surface area (Å²) in [6.45, 7) is 1.60. The molecule has 4 aromatic rings. The fourth-order valence-corrected chi connectivity index (χ4v) is 4.27. The first-order valence-corrected chi connectivity index (χ1v) is 10.4. The maximum Gasteiger partial charge on any atom is 0.259 e. The maximum absolute atomic E-state index is 13.0. The average Bonchev–Trinajstić information content (AvgIpc) is 3.46. The van der Waals surface area contributed by atoms with E-state index in [9.17, 15) is 9.59 Å². The summed E-state index contributed by atoms with van der Waals surface area (Å²) >= 11 is 0. The lowest BCUT2D eigenvalue weighted by Gasteiger charge is -2.11. The van der Waals surface area contributed by atoms with Crippen molar-refractivity contribution in [3.8, 4) is 5.75 Å². The summed E-state index contributed by atoms with van der Waals surface area (Å²) in [6, 6.07) is 13.3. The quantitative estimate of drug-likeness (QED) is 0.475. The number of fused-ring (bicyclic) bond motifs is 2. The van der Waals surface area contributed by atoms with Crippen LogP contribution < -0.4 is 10.1 Å². The number of hydrogen-bond acceptors (Lipinski definition) is 5. The zero-order valence-corrected chi connectivity index (χ0v) is 18.1. The SMILES string of the molecule is COc1cc(C2=C(c3cn(CCN(C)C)c4ccccc34)C(=O)NC2=O)c2occc2c1. The van der Waals surface area contributed by atoms with Gasteiger partial charge in [0.25, 0.3) is 11.8 Å². The van der Waals surface area contributed by atoms with E-state index in [0.717, 1.165) is 34.9 Å². The highest BCUT2D eigenvalue weighted by Crippen LogP contribution is 2.40. The van der Waals surface area contributed by atoms with Crippen LogP contribution in [0.25, 0.3) is 33.0 Å². The molecule has 0 fully saturated rings. The summed E-state index contributed by atoms with van der Waals surface area (Å²) in [7, 11) is 5.61. The number of methoxy groups -OCH3 is 1. The molecule has 7 heteroatoms. The number of nitrogens with one attached hydrogen (secondary N) is 1. The molecule has 0 saturated heterocycles. The number of carbonyl (C=O) groups excluding carboxylic acids is 2. The molecular weight excluding hydrogens is 406 g/mol. The van der Waals surface area contributed by atoms with Crippen molar-refractivity contribution in [2.45, 2.75) is 6.54 Å². The first-order chi connectivity index (χ1) is 15.5. The van der Waals surface area contributed by atoms with Gasteiger partial charge in [-0.25, -0.2) is 0 Å². The molecule has 0 radical (unpaired) electrons. The van der Waals surface area contributed by atoms with Crippen LogP contribution in [0, 0.1) is 0 Å². The first kappa shape index (κ1) is 20.1. The number of imide groups is 1.